The Labute approximate surface area is 102 Å². The van der Waals surface area contributed by atoms with Gasteiger partial charge >= 0.3 is 0 Å². The maximum Gasteiger partial charge on any atom is 0.120 e. The van der Waals surface area contributed by atoms with Gasteiger partial charge in [-0.1, -0.05) is 24.4 Å². The van der Waals surface area contributed by atoms with Crippen molar-refractivity contribution < 1.29 is 4.74 Å². The van der Waals surface area contributed by atoms with Gasteiger partial charge in [-0.15, -0.1) is 0 Å². The van der Waals surface area contributed by atoms with Crippen molar-refractivity contribution in [2.24, 2.45) is 5.73 Å². The topological polar surface area (TPSA) is 35.2 Å². The van der Waals surface area contributed by atoms with E-state index in [4.69, 9.17) is 22.1 Å². The minimum absolute atomic E-state index is 0.123. The van der Waals surface area contributed by atoms with Crippen LogP contribution in [0.5, 0.6) is 5.75 Å². The Bertz CT molecular complexity index is 372. The van der Waals surface area contributed by atoms with E-state index in [-0.39, 0.29) is 5.41 Å². The molecule has 0 aromatic heterocycles. The van der Waals surface area contributed by atoms with Crippen molar-refractivity contribution in [3.63, 3.8) is 0 Å². The largest absolute Gasteiger partial charge is 0.497 e. The molecule has 1 saturated carbocycles. The smallest absolute Gasteiger partial charge is 0.120 e. The lowest BCUT2D eigenvalue weighted by Gasteiger charge is -2.28. The van der Waals surface area contributed by atoms with Gasteiger partial charge in [-0.3, -0.25) is 0 Å². The monoisotopic (exact) mass is 239 g/mol. The quantitative estimate of drug-likeness (QED) is 0.880. The highest BCUT2D eigenvalue weighted by molar-refractivity contribution is 6.30. The lowest BCUT2D eigenvalue weighted by molar-refractivity contribution is 0.407. The summed E-state index contributed by atoms with van der Waals surface area (Å²) in [5.41, 5.74) is 7.31. The van der Waals surface area contributed by atoms with Crippen molar-refractivity contribution in [3.8, 4) is 5.75 Å². The van der Waals surface area contributed by atoms with E-state index >= 15 is 0 Å². The highest BCUT2D eigenvalue weighted by Crippen LogP contribution is 2.42. The molecule has 0 spiro atoms. The van der Waals surface area contributed by atoms with Crippen LogP contribution in [0.3, 0.4) is 0 Å². The average Bonchev–Trinajstić information content (AvgIpc) is 2.78. The van der Waals surface area contributed by atoms with Gasteiger partial charge in [0.15, 0.2) is 0 Å². The third-order valence-electron chi connectivity index (χ3n) is 3.67. The summed E-state index contributed by atoms with van der Waals surface area (Å²) in [6, 6.07) is 5.94. The van der Waals surface area contributed by atoms with Crippen molar-refractivity contribution in [2.45, 2.75) is 31.1 Å². The van der Waals surface area contributed by atoms with E-state index in [0.29, 0.717) is 6.54 Å². The summed E-state index contributed by atoms with van der Waals surface area (Å²) >= 11 is 6.11. The van der Waals surface area contributed by atoms with E-state index in [2.05, 4.69) is 6.07 Å². The van der Waals surface area contributed by atoms with Gasteiger partial charge < -0.3 is 10.5 Å². The summed E-state index contributed by atoms with van der Waals surface area (Å²) in [5, 5.41) is 0.731. The number of halogens is 1. The van der Waals surface area contributed by atoms with Gasteiger partial charge in [-0.25, -0.2) is 0 Å². The molecule has 0 bridgehead atoms. The van der Waals surface area contributed by atoms with Crippen LogP contribution in [0, 0.1) is 0 Å². The SMILES string of the molecule is COc1cc(Cl)cc(C2(CN)CCCC2)c1. The van der Waals surface area contributed by atoms with Gasteiger partial charge in [0.25, 0.3) is 0 Å². The highest BCUT2D eigenvalue weighted by Gasteiger charge is 2.34. The molecule has 0 aliphatic heterocycles. The maximum atomic E-state index is 6.11. The molecule has 2 N–H and O–H groups in total. The van der Waals surface area contributed by atoms with Gasteiger partial charge in [0.1, 0.15) is 5.75 Å². The Morgan fingerprint density at radius 3 is 2.56 bits per heavy atom. The third-order valence-corrected chi connectivity index (χ3v) is 3.89. The van der Waals surface area contributed by atoms with Crippen LogP contribution in [-0.4, -0.2) is 13.7 Å². The fourth-order valence-corrected chi connectivity index (χ4v) is 2.87. The molecule has 1 aliphatic rings. The first-order valence-corrected chi connectivity index (χ1v) is 6.13. The van der Waals surface area contributed by atoms with Crippen LogP contribution in [0.4, 0.5) is 0 Å². The van der Waals surface area contributed by atoms with Crippen molar-refractivity contribution >= 4 is 11.6 Å². The van der Waals surface area contributed by atoms with Crippen LogP contribution in [0.2, 0.25) is 5.02 Å². The molecule has 16 heavy (non-hydrogen) atoms. The molecule has 0 radical (unpaired) electrons. The lowest BCUT2D eigenvalue weighted by Crippen LogP contribution is -2.31. The fraction of sp³-hybridized carbons (Fsp3) is 0.538. The van der Waals surface area contributed by atoms with Crippen molar-refractivity contribution in [1.29, 1.82) is 0 Å². The second-order valence-corrected chi connectivity index (χ2v) is 5.01. The molecule has 88 valence electrons. The summed E-state index contributed by atoms with van der Waals surface area (Å²) in [6.07, 6.45) is 4.83. The van der Waals surface area contributed by atoms with Crippen LogP contribution in [0.25, 0.3) is 0 Å². The maximum absolute atomic E-state index is 6.11. The zero-order chi connectivity index (χ0) is 11.6. The summed E-state index contributed by atoms with van der Waals surface area (Å²) < 4.78 is 5.26. The second kappa shape index (κ2) is 4.64. The number of ether oxygens (including phenoxy) is 1. The first-order valence-electron chi connectivity index (χ1n) is 5.75. The molecular weight excluding hydrogens is 222 g/mol. The van der Waals surface area contributed by atoms with E-state index < -0.39 is 0 Å². The first-order chi connectivity index (χ1) is 7.70. The molecule has 1 aromatic carbocycles. The summed E-state index contributed by atoms with van der Waals surface area (Å²) in [4.78, 5) is 0. The van der Waals surface area contributed by atoms with Crippen LogP contribution in [0.1, 0.15) is 31.2 Å². The minimum atomic E-state index is 0.123. The van der Waals surface area contributed by atoms with Crippen molar-refractivity contribution in [1.82, 2.24) is 0 Å². The molecule has 1 aromatic rings. The summed E-state index contributed by atoms with van der Waals surface area (Å²) in [6.45, 7) is 0.691. The Balaban J connectivity index is 2.41. The lowest BCUT2D eigenvalue weighted by atomic mass is 9.79. The average molecular weight is 240 g/mol. The van der Waals surface area contributed by atoms with Crippen LogP contribution < -0.4 is 10.5 Å². The first kappa shape index (κ1) is 11.7. The molecule has 0 amide bonds. The van der Waals surface area contributed by atoms with E-state index in [0.717, 1.165) is 23.6 Å². The van der Waals surface area contributed by atoms with Gasteiger partial charge in [-0.05, 0) is 36.6 Å². The van der Waals surface area contributed by atoms with Gasteiger partial charge in [-0.2, -0.15) is 0 Å². The Hall–Kier alpha value is -0.730. The number of methoxy groups -OCH3 is 1. The number of hydrogen-bond donors (Lipinski definition) is 1. The number of rotatable bonds is 3. The molecule has 0 atom stereocenters. The molecule has 1 fully saturated rings. The standard InChI is InChI=1S/C13H18ClNO/c1-16-12-7-10(6-11(14)8-12)13(9-15)4-2-3-5-13/h6-8H,2-5,9,15H2,1H3. The summed E-state index contributed by atoms with van der Waals surface area (Å²) in [5.74, 6) is 0.822. The molecule has 0 heterocycles. The van der Waals surface area contributed by atoms with E-state index in [9.17, 15) is 0 Å². The zero-order valence-electron chi connectivity index (χ0n) is 9.63. The zero-order valence-corrected chi connectivity index (χ0v) is 10.4. The molecule has 3 heteroatoms. The Morgan fingerprint density at radius 1 is 1.31 bits per heavy atom. The van der Waals surface area contributed by atoms with E-state index in [1.807, 2.05) is 12.1 Å². The highest BCUT2D eigenvalue weighted by atomic mass is 35.5. The molecule has 1 aliphatic carbocycles. The molecule has 2 nitrogen and oxygen atoms in total. The van der Waals surface area contributed by atoms with Crippen molar-refractivity contribution in [2.75, 3.05) is 13.7 Å². The minimum Gasteiger partial charge on any atom is -0.497 e. The van der Waals surface area contributed by atoms with E-state index in [1.165, 1.54) is 18.4 Å². The van der Waals surface area contributed by atoms with Gasteiger partial charge in [0.2, 0.25) is 0 Å². The van der Waals surface area contributed by atoms with Crippen LogP contribution in [0.15, 0.2) is 18.2 Å². The normalized spacial score (nSPS) is 18.7. The molecule has 2 rings (SSSR count). The van der Waals surface area contributed by atoms with Gasteiger partial charge in [0.05, 0.1) is 7.11 Å². The molecule has 0 saturated heterocycles. The number of hydrogen-bond acceptors (Lipinski definition) is 2. The molecular formula is C13H18ClNO. The Morgan fingerprint density at radius 2 is 2.00 bits per heavy atom. The fourth-order valence-electron chi connectivity index (χ4n) is 2.65. The van der Waals surface area contributed by atoms with E-state index in [1.54, 1.807) is 7.11 Å². The molecule has 0 unspecified atom stereocenters. The predicted molar refractivity (Wildman–Crippen MR) is 67.2 cm³/mol. The van der Waals surface area contributed by atoms with Crippen molar-refractivity contribution in [3.05, 3.63) is 28.8 Å². The Kier molecular flexibility index (Phi) is 3.41. The van der Waals surface area contributed by atoms with Gasteiger partial charge in [0, 0.05) is 17.0 Å². The second-order valence-electron chi connectivity index (χ2n) is 4.57. The van der Waals surface area contributed by atoms with Crippen LogP contribution in [-0.2, 0) is 5.41 Å². The predicted octanol–water partition coefficient (Wildman–Crippen LogP) is 3.12. The van der Waals surface area contributed by atoms with Crippen LogP contribution >= 0.6 is 11.6 Å². The number of benzene rings is 1. The third kappa shape index (κ3) is 2.04. The number of nitrogens with two attached hydrogens (primary N) is 1. The summed E-state index contributed by atoms with van der Waals surface area (Å²) in [7, 11) is 1.67.